The molecule has 2 unspecified atom stereocenters. The van der Waals surface area contributed by atoms with Crippen molar-refractivity contribution in [1.29, 1.82) is 0 Å². The Hall–Kier alpha value is -0.390. The highest BCUT2D eigenvalue weighted by molar-refractivity contribution is 7.47. The number of hydrogen-bond acceptors (Lipinski definition) is 9. The second-order valence-electron chi connectivity index (χ2n) is 6.22. The van der Waals surface area contributed by atoms with Crippen LogP contribution >= 0.6 is 15.6 Å². The predicted molar refractivity (Wildman–Crippen MR) is 102 cm³/mol. The number of nitrogens with two attached hydrogens (primary N) is 1. The van der Waals surface area contributed by atoms with Crippen LogP contribution in [0.1, 0.15) is 19.8 Å². The maximum atomic E-state index is 11.5. The molecule has 0 aliphatic rings. The van der Waals surface area contributed by atoms with E-state index in [4.69, 9.17) is 10.6 Å². The first-order chi connectivity index (χ1) is 12.8. The maximum Gasteiger partial charge on any atom is 0.471 e. The van der Waals surface area contributed by atoms with Crippen molar-refractivity contribution in [2.45, 2.75) is 19.8 Å². The predicted octanol–water partition coefficient (Wildman–Crippen LogP) is -0.181. The van der Waals surface area contributed by atoms with Gasteiger partial charge in [0.25, 0.3) is 7.82 Å². The summed E-state index contributed by atoms with van der Waals surface area (Å²) >= 11 is 0. The normalized spacial score (nSPS) is 15.7. The molecule has 0 heterocycles. The molecule has 0 saturated heterocycles. The van der Waals surface area contributed by atoms with E-state index in [2.05, 4.69) is 44.4 Å². The monoisotopic (exact) mass is 451 g/mol. The van der Waals surface area contributed by atoms with Gasteiger partial charge in [-0.1, -0.05) is 6.92 Å². The van der Waals surface area contributed by atoms with E-state index < -0.39 is 15.6 Å². The van der Waals surface area contributed by atoms with Gasteiger partial charge in [-0.25, -0.2) is 4.57 Å². The lowest BCUT2D eigenvalue weighted by atomic mass is 10.3. The number of nitrogens with zero attached hydrogens (tertiary/aromatic N) is 1. The van der Waals surface area contributed by atoms with Gasteiger partial charge in [-0.3, -0.25) is 18.4 Å². The molecular formula is C14H35N3O9P2. The van der Waals surface area contributed by atoms with Crippen LogP contribution in [0.15, 0.2) is 0 Å². The highest BCUT2D eigenvalue weighted by atomic mass is 31.2. The summed E-state index contributed by atoms with van der Waals surface area (Å²) in [5, 5.41) is 2.60. The lowest BCUT2D eigenvalue weighted by Gasteiger charge is -2.29. The summed E-state index contributed by atoms with van der Waals surface area (Å²) in [7, 11) is -1.69. The quantitative estimate of drug-likeness (QED) is 0.183. The molecule has 0 saturated carbocycles. The fourth-order valence-corrected chi connectivity index (χ4v) is 2.69. The van der Waals surface area contributed by atoms with E-state index >= 15 is 0 Å². The molecule has 28 heavy (non-hydrogen) atoms. The zero-order valence-electron chi connectivity index (χ0n) is 17.3. The van der Waals surface area contributed by atoms with Crippen molar-refractivity contribution < 1.29 is 46.3 Å². The summed E-state index contributed by atoms with van der Waals surface area (Å²) in [4.78, 5) is 30.9. The summed E-state index contributed by atoms with van der Waals surface area (Å²) in [5.41, 5.74) is 4.98. The second-order valence-corrected chi connectivity index (χ2v) is 9.30. The Bertz CT molecular complexity index is 520. The van der Waals surface area contributed by atoms with Gasteiger partial charge in [-0.15, -0.1) is 0 Å². The number of amides is 1. The minimum atomic E-state index is -4.19. The van der Waals surface area contributed by atoms with E-state index in [-0.39, 0.29) is 32.2 Å². The Morgan fingerprint density at radius 1 is 1.14 bits per heavy atom. The third kappa shape index (κ3) is 18.9. The molecule has 0 fully saturated rings. The van der Waals surface area contributed by atoms with Crippen LogP contribution in [0.25, 0.3) is 0 Å². The summed E-state index contributed by atoms with van der Waals surface area (Å²) in [5.74, 6) is -0.107. The molecule has 1 amide bonds. The number of nitrogens with one attached hydrogen (secondary N) is 1. The van der Waals surface area contributed by atoms with Crippen LogP contribution < -0.4 is 15.9 Å². The van der Waals surface area contributed by atoms with E-state index in [0.29, 0.717) is 6.42 Å². The maximum absolute atomic E-state index is 11.5. The Balaban J connectivity index is 0. The number of quaternary nitrogens is 1. The zero-order chi connectivity index (χ0) is 22.3. The minimum absolute atomic E-state index is 0.0294. The van der Waals surface area contributed by atoms with Crippen LogP contribution in [0.5, 0.6) is 0 Å². The number of carbonyl (C=O) groups is 1. The van der Waals surface area contributed by atoms with Crippen molar-refractivity contribution >= 4 is 21.6 Å². The van der Waals surface area contributed by atoms with Crippen molar-refractivity contribution in [3.8, 4) is 0 Å². The van der Waals surface area contributed by atoms with Gasteiger partial charge in [-0.2, -0.15) is 0 Å². The Morgan fingerprint density at radius 2 is 1.75 bits per heavy atom. The van der Waals surface area contributed by atoms with Gasteiger partial charge in [0.15, 0.2) is 0 Å². The van der Waals surface area contributed by atoms with Gasteiger partial charge >= 0.3 is 7.82 Å². The van der Waals surface area contributed by atoms with Crippen LogP contribution in [0.2, 0.25) is 0 Å². The first-order valence-corrected chi connectivity index (χ1v) is 11.6. The van der Waals surface area contributed by atoms with Crippen molar-refractivity contribution in [1.82, 2.24) is 5.32 Å². The highest BCUT2D eigenvalue weighted by Gasteiger charge is 2.17. The number of carbonyl (C=O) groups excluding carboxylic acids is 1. The third-order valence-electron chi connectivity index (χ3n) is 3.27. The van der Waals surface area contributed by atoms with E-state index in [9.17, 15) is 18.8 Å². The average molecular weight is 451 g/mol. The van der Waals surface area contributed by atoms with Crippen molar-refractivity contribution in [2.75, 3.05) is 67.7 Å². The van der Waals surface area contributed by atoms with E-state index in [1.807, 2.05) is 0 Å². The first kappa shape index (κ1) is 29.8. The number of phosphoric ester groups is 2. The van der Waals surface area contributed by atoms with Crippen molar-refractivity contribution in [3.05, 3.63) is 0 Å². The number of hydrogen-bond donors (Lipinski definition) is 3. The molecule has 14 heteroatoms. The van der Waals surface area contributed by atoms with Gasteiger partial charge in [0, 0.05) is 27.3 Å². The average Bonchev–Trinajstić information content (AvgIpc) is 2.62. The molecule has 0 aliphatic carbocycles. The molecule has 2 atom stereocenters. The fraction of sp³-hybridized carbons (Fsp3) is 0.929. The van der Waals surface area contributed by atoms with Crippen LogP contribution in [0, 0.1) is 0 Å². The third-order valence-corrected chi connectivity index (χ3v) is 5.19. The summed E-state index contributed by atoms with van der Waals surface area (Å²) in [6.07, 6.45) is 1.48. The minimum Gasteiger partial charge on any atom is -0.756 e. The molecular weight excluding hydrogens is 416 g/mol. The molecule has 0 aromatic rings. The van der Waals surface area contributed by atoms with E-state index in [1.165, 1.54) is 0 Å². The molecule has 12 nitrogen and oxygen atoms in total. The molecule has 0 aliphatic heterocycles. The molecule has 170 valence electrons. The van der Waals surface area contributed by atoms with Gasteiger partial charge < -0.3 is 34.4 Å². The zero-order valence-corrected chi connectivity index (χ0v) is 19.1. The lowest BCUT2D eigenvalue weighted by molar-refractivity contribution is -0.889. The number of rotatable bonds is 14. The largest absolute Gasteiger partial charge is 0.756 e. The second kappa shape index (κ2) is 15.4. The number of phosphoric acid groups is 2. The van der Waals surface area contributed by atoms with Gasteiger partial charge in [0.05, 0.1) is 46.8 Å². The fourth-order valence-electron chi connectivity index (χ4n) is 1.83. The van der Waals surface area contributed by atoms with Crippen LogP contribution in [-0.4, -0.2) is 83.0 Å². The molecule has 4 N–H and O–H groups in total. The Morgan fingerprint density at radius 3 is 2.21 bits per heavy atom. The van der Waals surface area contributed by atoms with Gasteiger partial charge in [-0.05, 0) is 6.42 Å². The summed E-state index contributed by atoms with van der Waals surface area (Å²) in [6.45, 7) is 4.13. The van der Waals surface area contributed by atoms with Crippen LogP contribution in [0.3, 0.4) is 0 Å². The first-order valence-electron chi connectivity index (χ1n) is 8.68. The van der Waals surface area contributed by atoms with Crippen molar-refractivity contribution in [2.24, 2.45) is 5.73 Å². The molecule has 0 rings (SSSR count). The molecule has 0 radical (unpaired) electrons. The molecule has 0 aromatic heterocycles. The lowest BCUT2D eigenvalue weighted by Crippen LogP contribution is -2.43. The Kier molecular flexibility index (Phi) is 16.4. The summed E-state index contributed by atoms with van der Waals surface area (Å²) < 4.78 is 39.0. The van der Waals surface area contributed by atoms with E-state index in [1.54, 1.807) is 0 Å². The SMILES string of the molecule is CCC[N+](C)(C)CCC(=O)NCCOP(=O)([O-])OC.COP(=O)(O)OCCN. The highest BCUT2D eigenvalue weighted by Crippen LogP contribution is 2.41. The van der Waals surface area contributed by atoms with Gasteiger partial charge in [0.1, 0.15) is 0 Å². The molecule has 0 aromatic carbocycles. The standard InChI is InChI=1S/C11H25N2O5P.C3H10NO4P/c1-5-8-13(2,3)9-6-11(14)12-7-10-18-19(15,16)17-4;1-7-9(5,6)8-3-2-4/h5-10H2,1-4H3,(H-,12,14,15,16);2-4H2,1H3,(H,5,6). The van der Waals surface area contributed by atoms with Crippen LogP contribution in [0.4, 0.5) is 0 Å². The molecule has 0 bridgehead atoms. The van der Waals surface area contributed by atoms with E-state index in [0.717, 1.165) is 38.2 Å². The van der Waals surface area contributed by atoms with Crippen LogP contribution in [-0.2, 0) is 32.0 Å². The smallest absolute Gasteiger partial charge is 0.471 e. The van der Waals surface area contributed by atoms with Crippen molar-refractivity contribution in [3.63, 3.8) is 0 Å². The molecule has 0 spiro atoms. The van der Waals surface area contributed by atoms with Gasteiger partial charge in [0.2, 0.25) is 5.91 Å². The summed E-state index contributed by atoms with van der Waals surface area (Å²) in [6, 6.07) is 0. The topological polar surface area (TPSA) is 169 Å². The Labute approximate surface area is 167 Å².